The van der Waals surface area contributed by atoms with Crippen molar-refractivity contribution >= 4 is 22.3 Å². The van der Waals surface area contributed by atoms with E-state index in [4.69, 9.17) is 0 Å². The Morgan fingerprint density at radius 2 is 2.24 bits per heavy atom. The van der Waals surface area contributed by atoms with Crippen LogP contribution in [0, 0.1) is 0 Å². The van der Waals surface area contributed by atoms with Gasteiger partial charge in [-0.1, -0.05) is 13.8 Å². The Morgan fingerprint density at radius 1 is 1.47 bits per heavy atom. The second-order valence-corrected chi connectivity index (χ2v) is 5.81. The minimum Gasteiger partial charge on any atom is -0.477 e. The van der Waals surface area contributed by atoms with Crippen LogP contribution in [0.4, 0.5) is 0 Å². The number of nitrogens with zero attached hydrogens (tertiary/aromatic N) is 2. The zero-order chi connectivity index (χ0) is 12.2. The number of carbonyl (C=O) groups is 1. The number of fused-ring (bicyclic) bond motifs is 3. The molecule has 3 rings (SSSR count). The van der Waals surface area contributed by atoms with Crippen molar-refractivity contribution in [3.05, 3.63) is 22.0 Å². The van der Waals surface area contributed by atoms with Gasteiger partial charge in [0.25, 0.3) is 0 Å². The minimum atomic E-state index is -0.867. The Morgan fingerprint density at radius 3 is 2.88 bits per heavy atom. The lowest BCUT2D eigenvalue weighted by atomic mass is 10.1. The molecule has 0 aromatic carbocycles. The maximum Gasteiger partial charge on any atom is 0.354 e. The molecule has 0 radical (unpaired) electrons. The quantitative estimate of drug-likeness (QED) is 0.891. The maximum atomic E-state index is 11.4. The molecule has 1 aliphatic carbocycles. The van der Waals surface area contributed by atoms with Gasteiger partial charge in [-0.05, 0) is 25.2 Å². The number of aryl methyl sites for hydroxylation is 2. The van der Waals surface area contributed by atoms with Crippen molar-refractivity contribution in [1.82, 2.24) is 9.38 Å². The molecule has 5 heteroatoms. The number of carboxylic acid groups (broad SMARTS) is 1. The number of carboxylic acids is 1. The van der Waals surface area contributed by atoms with Crippen molar-refractivity contribution < 1.29 is 9.90 Å². The van der Waals surface area contributed by atoms with Crippen molar-refractivity contribution in [1.29, 1.82) is 0 Å². The molecule has 4 nitrogen and oxygen atoms in total. The zero-order valence-corrected chi connectivity index (χ0v) is 10.7. The fraction of sp³-hybridized carbons (Fsp3) is 0.500. The van der Waals surface area contributed by atoms with Gasteiger partial charge in [0.05, 0.1) is 5.69 Å². The third-order valence-corrected chi connectivity index (χ3v) is 4.39. The zero-order valence-electron chi connectivity index (χ0n) is 9.86. The largest absolute Gasteiger partial charge is 0.477 e. The topological polar surface area (TPSA) is 54.6 Å². The molecule has 0 amide bonds. The van der Waals surface area contributed by atoms with Gasteiger partial charge in [0.2, 0.25) is 0 Å². The molecule has 0 atom stereocenters. The lowest BCUT2D eigenvalue weighted by Gasteiger charge is -2.03. The number of hydrogen-bond acceptors (Lipinski definition) is 3. The first kappa shape index (κ1) is 10.8. The fourth-order valence-corrected chi connectivity index (χ4v) is 3.71. The first-order valence-corrected chi connectivity index (χ1v) is 6.67. The van der Waals surface area contributed by atoms with E-state index in [9.17, 15) is 9.90 Å². The molecule has 1 aliphatic rings. The molecule has 0 spiro atoms. The van der Waals surface area contributed by atoms with Crippen molar-refractivity contribution in [2.75, 3.05) is 0 Å². The highest BCUT2D eigenvalue weighted by Crippen LogP contribution is 2.34. The van der Waals surface area contributed by atoms with E-state index in [2.05, 4.69) is 4.98 Å². The van der Waals surface area contributed by atoms with E-state index in [1.54, 1.807) is 11.3 Å². The number of hydrogen-bond donors (Lipinski definition) is 1. The molecule has 0 unspecified atom stereocenters. The van der Waals surface area contributed by atoms with Crippen LogP contribution >= 0.6 is 11.3 Å². The molecule has 1 N–H and O–H groups in total. The molecular weight excluding hydrogens is 236 g/mol. The molecule has 2 heterocycles. The molecule has 0 saturated heterocycles. The summed E-state index contributed by atoms with van der Waals surface area (Å²) >= 11 is 1.64. The van der Waals surface area contributed by atoms with Crippen LogP contribution in [-0.4, -0.2) is 20.5 Å². The normalized spacial score (nSPS) is 14.8. The summed E-state index contributed by atoms with van der Waals surface area (Å²) in [4.78, 5) is 18.1. The third kappa shape index (κ3) is 1.42. The van der Waals surface area contributed by atoms with Gasteiger partial charge in [-0.25, -0.2) is 9.78 Å². The van der Waals surface area contributed by atoms with Gasteiger partial charge in [0, 0.05) is 10.6 Å². The van der Waals surface area contributed by atoms with Crippen LogP contribution in [0.3, 0.4) is 0 Å². The molecular formula is C12H14N2O2S. The van der Waals surface area contributed by atoms with E-state index in [0.29, 0.717) is 11.4 Å². The molecule has 0 fully saturated rings. The van der Waals surface area contributed by atoms with Crippen LogP contribution in [0.25, 0.3) is 4.96 Å². The average Bonchev–Trinajstić information content (AvgIpc) is 2.83. The second-order valence-electron chi connectivity index (χ2n) is 4.75. The van der Waals surface area contributed by atoms with E-state index in [1.165, 1.54) is 10.6 Å². The number of rotatable bonds is 2. The van der Waals surface area contributed by atoms with Crippen LogP contribution in [0.1, 0.15) is 52.9 Å². The Hall–Kier alpha value is -1.36. The summed E-state index contributed by atoms with van der Waals surface area (Å²) in [6, 6.07) is 0. The third-order valence-electron chi connectivity index (χ3n) is 3.25. The summed E-state index contributed by atoms with van der Waals surface area (Å²) in [6.45, 7) is 3.97. The summed E-state index contributed by atoms with van der Waals surface area (Å²) in [5.41, 5.74) is 2.25. The van der Waals surface area contributed by atoms with Gasteiger partial charge in [0.1, 0.15) is 0 Å². The summed E-state index contributed by atoms with van der Waals surface area (Å²) in [7, 11) is 0. The number of aromatic carboxylic acids is 1. The van der Waals surface area contributed by atoms with Gasteiger partial charge in [0.15, 0.2) is 10.7 Å². The van der Waals surface area contributed by atoms with Gasteiger partial charge in [-0.15, -0.1) is 11.3 Å². The van der Waals surface area contributed by atoms with Crippen molar-refractivity contribution in [3.63, 3.8) is 0 Å². The summed E-state index contributed by atoms with van der Waals surface area (Å²) in [5, 5.41) is 9.39. The lowest BCUT2D eigenvalue weighted by Crippen LogP contribution is -2.07. The maximum absolute atomic E-state index is 11.4. The van der Waals surface area contributed by atoms with Crippen molar-refractivity contribution in [3.8, 4) is 0 Å². The van der Waals surface area contributed by atoms with E-state index < -0.39 is 5.97 Å². The highest BCUT2D eigenvalue weighted by Gasteiger charge is 2.27. The molecule has 0 aliphatic heterocycles. The Kier molecular flexibility index (Phi) is 2.26. The highest BCUT2D eigenvalue weighted by atomic mass is 32.1. The van der Waals surface area contributed by atoms with E-state index in [1.807, 2.05) is 18.2 Å². The van der Waals surface area contributed by atoms with Crippen LogP contribution in [0.2, 0.25) is 0 Å². The first-order valence-electron chi connectivity index (χ1n) is 5.85. The van der Waals surface area contributed by atoms with Gasteiger partial charge in [-0.2, -0.15) is 0 Å². The molecule has 90 valence electrons. The lowest BCUT2D eigenvalue weighted by molar-refractivity contribution is 0.0687. The number of imidazole rings is 1. The van der Waals surface area contributed by atoms with Crippen molar-refractivity contribution in [2.24, 2.45) is 0 Å². The summed E-state index contributed by atoms with van der Waals surface area (Å²) in [5.74, 6) is -0.723. The molecule has 2 aromatic heterocycles. The summed E-state index contributed by atoms with van der Waals surface area (Å²) < 4.78 is 1.87. The van der Waals surface area contributed by atoms with Crippen LogP contribution < -0.4 is 0 Å². The summed E-state index contributed by atoms with van der Waals surface area (Å²) in [6.07, 6.45) is 3.17. The predicted molar refractivity (Wildman–Crippen MR) is 66.1 cm³/mol. The van der Waals surface area contributed by atoms with Gasteiger partial charge >= 0.3 is 5.97 Å². The Bertz CT molecular complexity index is 610. The molecule has 0 bridgehead atoms. The minimum absolute atomic E-state index is 0.144. The van der Waals surface area contributed by atoms with Crippen LogP contribution in [0.15, 0.2) is 0 Å². The van der Waals surface area contributed by atoms with Crippen LogP contribution in [0.5, 0.6) is 0 Å². The Labute approximate surface area is 103 Å². The van der Waals surface area contributed by atoms with E-state index >= 15 is 0 Å². The van der Waals surface area contributed by atoms with E-state index in [-0.39, 0.29) is 5.92 Å². The van der Waals surface area contributed by atoms with Crippen molar-refractivity contribution in [2.45, 2.75) is 39.0 Å². The predicted octanol–water partition coefficient (Wildman–Crippen LogP) is 2.71. The number of thiazole rings is 1. The van der Waals surface area contributed by atoms with Gasteiger partial charge in [-0.3, -0.25) is 4.40 Å². The molecule has 17 heavy (non-hydrogen) atoms. The average molecular weight is 250 g/mol. The molecule has 0 saturated carbocycles. The smallest absolute Gasteiger partial charge is 0.354 e. The highest BCUT2D eigenvalue weighted by molar-refractivity contribution is 7.17. The first-order chi connectivity index (χ1) is 8.09. The Balaban J connectivity index is 2.36. The van der Waals surface area contributed by atoms with E-state index in [0.717, 1.165) is 24.2 Å². The molecule has 2 aromatic rings. The number of aromatic nitrogens is 2. The SMILES string of the molecule is CC(C)c1nc2sc3c(n2c1C(=O)O)CCC3. The standard InChI is InChI=1S/C12H14N2O2S/c1-6(2)9-10(11(15)16)14-7-4-3-5-8(7)17-12(14)13-9/h6H,3-5H2,1-2H3,(H,15,16). The fourth-order valence-electron chi connectivity index (χ4n) is 2.50. The second kappa shape index (κ2) is 3.57. The van der Waals surface area contributed by atoms with Gasteiger partial charge < -0.3 is 5.11 Å². The van der Waals surface area contributed by atoms with Crippen LogP contribution in [-0.2, 0) is 12.8 Å². The monoisotopic (exact) mass is 250 g/mol.